The van der Waals surface area contributed by atoms with E-state index in [4.69, 9.17) is 23.7 Å². The molecule has 156 valence electrons. The number of carbonyl (C=O) groups is 1. The van der Waals surface area contributed by atoms with E-state index in [2.05, 4.69) is 10.6 Å². The quantitative estimate of drug-likeness (QED) is 0.650. The number of ketones is 1. The van der Waals surface area contributed by atoms with E-state index in [0.717, 1.165) is 5.56 Å². The Balaban J connectivity index is 1.81. The second kappa shape index (κ2) is 9.02. The Hall–Kier alpha value is -2.97. The summed E-state index contributed by atoms with van der Waals surface area (Å²) in [5.41, 5.74) is 1.43. The van der Waals surface area contributed by atoms with Crippen LogP contribution in [0.3, 0.4) is 0 Å². The van der Waals surface area contributed by atoms with Gasteiger partial charge in [-0.15, -0.1) is 0 Å². The molecule has 1 aliphatic rings. The molecule has 2 atom stereocenters. The van der Waals surface area contributed by atoms with Crippen LogP contribution in [0.1, 0.15) is 22.1 Å². The van der Waals surface area contributed by atoms with Gasteiger partial charge in [0.2, 0.25) is 5.75 Å². The monoisotopic (exact) mass is 402 g/mol. The molecule has 1 saturated heterocycles. The molecule has 1 aliphatic heterocycles. The summed E-state index contributed by atoms with van der Waals surface area (Å²) in [6.07, 6.45) is -0.189. The fourth-order valence-electron chi connectivity index (χ4n) is 3.39. The van der Waals surface area contributed by atoms with Crippen LogP contribution in [-0.2, 0) is 0 Å². The number of carbonyl (C=O) groups excluding carboxylic acids is 1. The lowest BCUT2D eigenvalue weighted by Gasteiger charge is -2.17. The summed E-state index contributed by atoms with van der Waals surface area (Å²) in [5.74, 6) is 2.55. The lowest BCUT2D eigenvalue weighted by molar-refractivity contribution is 0.0954. The molecule has 0 bridgehead atoms. The minimum Gasteiger partial charge on any atom is -0.493 e. The molecule has 2 N–H and O–H groups in total. The third-order valence-electron chi connectivity index (χ3n) is 4.90. The Morgan fingerprint density at radius 2 is 1.45 bits per heavy atom. The van der Waals surface area contributed by atoms with Crippen LogP contribution in [0.4, 0.5) is 0 Å². The molecule has 0 aromatic heterocycles. The smallest absolute Gasteiger partial charge is 0.203 e. The minimum atomic E-state index is -0.407. The topological polar surface area (TPSA) is 87.3 Å². The van der Waals surface area contributed by atoms with Crippen molar-refractivity contribution in [3.05, 3.63) is 41.5 Å². The van der Waals surface area contributed by atoms with Crippen molar-refractivity contribution in [1.82, 2.24) is 10.6 Å². The molecule has 3 rings (SSSR count). The molecular weight excluding hydrogens is 376 g/mol. The van der Waals surface area contributed by atoms with E-state index in [-0.39, 0.29) is 11.9 Å². The van der Waals surface area contributed by atoms with Gasteiger partial charge >= 0.3 is 0 Å². The first kappa shape index (κ1) is 20.8. The third kappa shape index (κ3) is 4.08. The minimum absolute atomic E-state index is 0.0697. The average molecular weight is 402 g/mol. The van der Waals surface area contributed by atoms with E-state index < -0.39 is 6.04 Å². The number of hydrogen-bond acceptors (Lipinski definition) is 8. The van der Waals surface area contributed by atoms with E-state index in [1.54, 1.807) is 26.4 Å². The number of rotatable bonds is 8. The van der Waals surface area contributed by atoms with Crippen molar-refractivity contribution in [1.29, 1.82) is 0 Å². The van der Waals surface area contributed by atoms with Crippen molar-refractivity contribution in [3.8, 4) is 28.7 Å². The Labute approximate surface area is 170 Å². The van der Waals surface area contributed by atoms with Crippen molar-refractivity contribution in [2.24, 2.45) is 0 Å². The molecule has 2 aromatic rings. The van der Waals surface area contributed by atoms with Crippen LogP contribution in [0.15, 0.2) is 30.3 Å². The van der Waals surface area contributed by atoms with E-state index in [1.165, 1.54) is 21.3 Å². The second-order valence-electron chi connectivity index (χ2n) is 6.45. The Morgan fingerprint density at radius 1 is 0.828 bits per heavy atom. The van der Waals surface area contributed by atoms with Crippen molar-refractivity contribution in [3.63, 3.8) is 0 Å². The van der Waals surface area contributed by atoms with E-state index in [0.29, 0.717) is 40.9 Å². The van der Waals surface area contributed by atoms with E-state index in [9.17, 15) is 4.79 Å². The molecule has 0 aliphatic carbocycles. The molecule has 0 saturated carbocycles. The number of ether oxygens (including phenoxy) is 5. The molecule has 1 fully saturated rings. The SMILES string of the molecule is COc1ccc(C2NCC(C(=O)c3cc(OC)c(OC)c(OC)c3)N2)cc1OC. The molecule has 0 radical (unpaired) electrons. The van der Waals surface area contributed by atoms with Crippen LogP contribution in [-0.4, -0.2) is 53.9 Å². The van der Waals surface area contributed by atoms with Gasteiger partial charge in [-0.25, -0.2) is 0 Å². The number of methoxy groups -OCH3 is 5. The van der Waals surface area contributed by atoms with Crippen molar-refractivity contribution < 1.29 is 28.5 Å². The van der Waals surface area contributed by atoms with Gasteiger partial charge in [-0.3, -0.25) is 15.4 Å². The highest BCUT2D eigenvalue weighted by Gasteiger charge is 2.31. The molecule has 8 nitrogen and oxygen atoms in total. The fraction of sp³-hybridized carbons (Fsp3) is 0.381. The van der Waals surface area contributed by atoms with Crippen LogP contribution >= 0.6 is 0 Å². The molecule has 1 heterocycles. The summed E-state index contributed by atoms with van der Waals surface area (Å²) in [6, 6.07) is 8.57. The highest BCUT2D eigenvalue weighted by atomic mass is 16.5. The van der Waals surface area contributed by atoms with Crippen LogP contribution in [0.5, 0.6) is 28.7 Å². The predicted molar refractivity (Wildman–Crippen MR) is 108 cm³/mol. The maximum atomic E-state index is 13.1. The van der Waals surface area contributed by atoms with Crippen LogP contribution in [0.25, 0.3) is 0 Å². The molecule has 8 heteroatoms. The molecule has 2 unspecified atom stereocenters. The van der Waals surface area contributed by atoms with Crippen molar-refractivity contribution in [2.45, 2.75) is 12.2 Å². The van der Waals surface area contributed by atoms with Gasteiger partial charge < -0.3 is 23.7 Å². The largest absolute Gasteiger partial charge is 0.493 e. The zero-order chi connectivity index (χ0) is 21.0. The summed E-state index contributed by atoms with van der Waals surface area (Å²) < 4.78 is 26.7. The van der Waals surface area contributed by atoms with Gasteiger partial charge in [0, 0.05) is 12.1 Å². The summed E-state index contributed by atoms with van der Waals surface area (Å²) in [4.78, 5) is 13.1. The average Bonchev–Trinajstić information content (AvgIpc) is 3.27. The number of hydrogen-bond donors (Lipinski definition) is 2. The van der Waals surface area contributed by atoms with Crippen LogP contribution in [0.2, 0.25) is 0 Å². The van der Waals surface area contributed by atoms with Crippen molar-refractivity contribution in [2.75, 3.05) is 42.1 Å². The van der Waals surface area contributed by atoms with E-state index >= 15 is 0 Å². The zero-order valence-electron chi connectivity index (χ0n) is 17.2. The predicted octanol–water partition coefficient (Wildman–Crippen LogP) is 2.17. The highest BCUT2D eigenvalue weighted by Crippen LogP contribution is 2.38. The highest BCUT2D eigenvalue weighted by molar-refractivity contribution is 6.01. The maximum absolute atomic E-state index is 13.1. The van der Waals surface area contributed by atoms with Crippen LogP contribution < -0.4 is 34.3 Å². The van der Waals surface area contributed by atoms with Gasteiger partial charge in [-0.1, -0.05) is 6.07 Å². The number of nitrogens with one attached hydrogen (secondary N) is 2. The van der Waals surface area contributed by atoms with Gasteiger partial charge in [0.05, 0.1) is 47.8 Å². The Kier molecular flexibility index (Phi) is 6.46. The van der Waals surface area contributed by atoms with Crippen molar-refractivity contribution >= 4 is 5.78 Å². The number of Topliss-reactive ketones (excluding diaryl/α,β-unsaturated/α-hetero) is 1. The third-order valence-corrected chi connectivity index (χ3v) is 4.90. The van der Waals surface area contributed by atoms with E-state index in [1.807, 2.05) is 18.2 Å². The Bertz CT molecular complexity index is 860. The van der Waals surface area contributed by atoms with Crippen LogP contribution in [0, 0.1) is 0 Å². The lowest BCUT2D eigenvalue weighted by Crippen LogP contribution is -2.34. The van der Waals surface area contributed by atoms with Gasteiger partial charge in [0.1, 0.15) is 0 Å². The number of benzene rings is 2. The first-order valence-corrected chi connectivity index (χ1v) is 9.11. The second-order valence-corrected chi connectivity index (χ2v) is 6.45. The summed E-state index contributed by atoms with van der Waals surface area (Å²) >= 11 is 0. The summed E-state index contributed by atoms with van der Waals surface area (Å²) in [5, 5.41) is 6.65. The zero-order valence-corrected chi connectivity index (χ0v) is 17.2. The molecular formula is C21H26N2O6. The normalized spacial score (nSPS) is 18.2. The molecule has 2 aromatic carbocycles. The van der Waals surface area contributed by atoms with Gasteiger partial charge in [-0.2, -0.15) is 0 Å². The summed E-state index contributed by atoms with van der Waals surface area (Å²) in [7, 11) is 7.75. The summed E-state index contributed by atoms with van der Waals surface area (Å²) in [6.45, 7) is 0.481. The van der Waals surface area contributed by atoms with Gasteiger partial charge in [0.25, 0.3) is 0 Å². The Morgan fingerprint density at radius 3 is 2.00 bits per heavy atom. The van der Waals surface area contributed by atoms with Gasteiger partial charge in [0.15, 0.2) is 28.8 Å². The lowest BCUT2D eigenvalue weighted by atomic mass is 10.0. The maximum Gasteiger partial charge on any atom is 0.203 e. The fourth-order valence-corrected chi connectivity index (χ4v) is 3.39. The molecule has 29 heavy (non-hydrogen) atoms. The standard InChI is InChI=1S/C21H26N2O6/c1-25-15-7-6-12(8-16(15)26-2)21-22-11-14(23-21)19(24)13-9-17(27-3)20(29-5)18(10-13)28-4/h6-10,14,21-23H,11H2,1-5H3. The van der Waals surface area contributed by atoms with Gasteiger partial charge in [-0.05, 0) is 29.8 Å². The molecule has 0 amide bonds. The first-order chi connectivity index (χ1) is 14.1. The first-order valence-electron chi connectivity index (χ1n) is 9.11. The molecule has 0 spiro atoms.